The first-order valence-electron chi connectivity index (χ1n) is 5.43. The minimum absolute atomic E-state index is 0.312. The highest BCUT2D eigenvalue weighted by molar-refractivity contribution is 5.73. The molecular formula is C10H17NO4. The van der Waals surface area contributed by atoms with Crippen LogP contribution in [0.4, 0.5) is 0 Å². The summed E-state index contributed by atoms with van der Waals surface area (Å²) in [5.41, 5.74) is 0. The van der Waals surface area contributed by atoms with Crippen molar-refractivity contribution in [3.8, 4) is 0 Å². The van der Waals surface area contributed by atoms with Gasteiger partial charge in [0.15, 0.2) is 0 Å². The molecule has 0 amide bonds. The average molecular weight is 215 g/mol. The van der Waals surface area contributed by atoms with Crippen LogP contribution >= 0.6 is 0 Å². The number of morpholine rings is 1. The molecule has 15 heavy (non-hydrogen) atoms. The van der Waals surface area contributed by atoms with Gasteiger partial charge in [-0.1, -0.05) is 0 Å². The smallest absolute Gasteiger partial charge is 0.323 e. The molecule has 1 N–H and O–H groups in total. The molecule has 0 radical (unpaired) electrons. The molecule has 2 saturated heterocycles. The Morgan fingerprint density at radius 3 is 2.60 bits per heavy atom. The summed E-state index contributed by atoms with van der Waals surface area (Å²) in [5, 5.41) is 9.09. The Kier molecular flexibility index (Phi) is 3.56. The lowest BCUT2D eigenvalue weighted by Crippen LogP contribution is -2.55. The second-order valence-electron chi connectivity index (χ2n) is 4.01. The molecule has 2 fully saturated rings. The third kappa shape index (κ3) is 2.48. The van der Waals surface area contributed by atoms with Gasteiger partial charge in [0.25, 0.3) is 0 Å². The molecule has 2 aliphatic rings. The second kappa shape index (κ2) is 4.92. The number of hydrogen-bond donors (Lipinski definition) is 1. The van der Waals surface area contributed by atoms with E-state index in [2.05, 4.69) is 4.90 Å². The highest BCUT2D eigenvalue weighted by atomic mass is 16.5. The van der Waals surface area contributed by atoms with E-state index in [1.807, 2.05) is 0 Å². The SMILES string of the molecule is O=C(O)C1COCCN1C1CCOCC1. The Labute approximate surface area is 89.0 Å². The first-order valence-corrected chi connectivity index (χ1v) is 5.43. The molecule has 5 heteroatoms. The summed E-state index contributed by atoms with van der Waals surface area (Å²) in [6.45, 7) is 3.16. The first kappa shape index (κ1) is 10.9. The minimum Gasteiger partial charge on any atom is -0.480 e. The van der Waals surface area contributed by atoms with Gasteiger partial charge in [-0.3, -0.25) is 9.69 Å². The summed E-state index contributed by atoms with van der Waals surface area (Å²) in [6.07, 6.45) is 1.87. The van der Waals surface area contributed by atoms with Gasteiger partial charge in [-0.2, -0.15) is 0 Å². The van der Waals surface area contributed by atoms with Crippen LogP contribution in [0, 0.1) is 0 Å². The van der Waals surface area contributed by atoms with E-state index in [9.17, 15) is 4.79 Å². The Balaban J connectivity index is 1.99. The van der Waals surface area contributed by atoms with E-state index >= 15 is 0 Å². The van der Waals surface area contributed by atoms with E-state index in [0.29, 0.717) is 19.3 Å². The second-order valence-corrected chi connectivity index (χ2v) is 4.01. The van der Waals surface area contributed by atoms with Crippen LogP contribution in [0.2, 0.25) is 0 Å². The van der Waals surface area contributed by atoms with Gasteiger partial charge < -0.3 is 14.6 Å². The van der Waals surface area contributed by atoms with Crippen molar-refractivity contribution in [2.45, 2.75) is 24.9 Å². The number of ether oxygens (including phenoxy) is 2. The van der Waals surface area contributed by atoms with Crippen molar-refractivity contribution in [3.05, 3.63) is 0 Å². The largest absolute Gasteiger partial charge is 0.480 e. The molecule has 0 aliphatic carbocycles. The van der Waals surface area contributed by atoms with Crippen molar-refractivity contribution >= 4 is 5.97 Å². The highest BCUT2D eigenvalue weighted by Gasteiger charge is 2.34. The van der Waals surface area contributed by atoms with Crippen LogP contribution in [0.25, 0.3) is 0 Å². The van der Waals surface area contributed by atoms with Gasteiger partial charge in [-0.15, -0.1) is 0 Å². The lowest BCUT2D eigenvalue weighted by atomic mass is 10.0. The topological polar surface area (TPSA) is 59.0 Å². The number of hydrogen-bond acceptors (Lipinski definition) is 4. The highest BCUT2D eigenvalue weighted by Crippen LogP contribution is 2.19. The maximum atomic E-state index is 11.1. The van der Waals surface area contributed by atoms with Crippen molar-refractivity contribution in [2.75, 3.05) is 33.0 Å². The van der Waals surface area contributed by atoms with Gasteiger partial charge >= 0.3 is 5.97 Å². The Morgan fingerprint density at radius 2 is 1.93 bits per heavy atom. The third-order valence-electron chi connectivity index (χ3n) is 3.11. The summed E-state index contributed by atoms with van der Waals surface area (Å²) in [4.78, 5) is 13.1. The van der Waals surface area contributed by atoms with Crippen LogP contribution in [0.3, 0.4) is 0 Å². The number of nitrogens with zero attached hydrogens (tertiary/aromatic N) is 1. The predicted molar refractivity (Wildman–Crippen MR) is 52.8 cm³/mol. The molecule has 2 rings (SSSR count). The summed E-state index contributed by atoms with van der Waals surface area (Å²) < 4.78 is 10.5. The molecule has 2 aliphatic heterocycles. The molecule has 0 bridgehead atoms. The summed E-state index contributed by atoms with van der Waals surface area (Å²) >= 11 is 0. The molecule has 0 aromatic heterocycles. The van der Waals surface area contributed by atoms with Crippen molar-refractivity contribution < 1.29 is 19.4 Å². The van der Waals surface area contributed by atoms with E-state index in [1.165, 1.54) is 0 Å². The minimum atomic E-state index is -0.777. The number of rotatable bonds is 2. The van der Waals surface area contributed by atoms with Crippen LogP contribution in [-0.4, -0.2) is 61.0 Å². The molecular weight excluding hydrogens is 198 g/mol. The van der Waals surface area contributed by atoms with Crippen molar-refractivity contribution in [2.24, 2.45) is 0 Å². The lowest BCUT2D eigenvalue weighted by molar-refractivity contribution is -0.153. The Bertz CT molecular complexity index is 227. The van der Waals surface area contributed by atoms with Crippen molar-refractivity contribution in [1.82, 2.24) is 4.90 Å². The van der Waals surface area contributed by atoms with E-state index in [-0.39, 0.29) is 0 Å². The van der Waals surface area contributed by atoms with Crippen LogP contribution in [-0.2, 0) is 14.3 Å². The molecule has 86 valence electrons. The normalized spacial score (nSPS) is 30.3. The summed E-state index contributed by atoms with van der Waals surface area (Å²) in [5.74, 6) is -0.777. The average Bonchev–Trinajstić information content (AvgIpc) is 2.30. The standard InChI is InChI=1S/C10H17NO4/c12-10(13)9-7-15-6-3-11(9)8-1-4-14-5-2-8/h8-9H,1-7H2,(H,12,13). The van der Waals surface area contributed by atoms with Crippen LogP contribution in [0.15, 0.2) is 0 Å². The molecule has 5 nitrogen and oxygen atoms in total. The number of aliphatic carboxylic acids is 1. The van der Waals surface area contributed by atoms with Gasteiger partial charge in [0.2, 0.25) is 0 Å². The predicted octanol–water partition coefficient (Wildman–Crippen LogP) is -0.0492. The van der Waals surface area contributed by atoms with Gasteiger partial charge in [0.1, 0.15) is 6.04 Å². The summed E-state index contributed by atoms with van der Waals surface area (Å²) in [7, 11) is 0. The summed E-state index contributed by atoms with van der Waals surface area (Å²) in [6, 6.07) is -0.120. The maximum absolute atomic E-state index is 11.1. The molecule has 0 aromatic rings. The van der Waals surface area contributed by atoms with Gasteiger partial charge in [-0.25, -0.2) is 0 Å². The number of carbonyl (C=O) groups is 1. The zero-order valence-electron chi connectivity index (χ0n) is 8.72. The van der Waals surface area contributed by atoms with Gasteiger partial charge in [0.05, 0.1) is 13.2 Å². The molecule has 0 spiro atoms. The van der Waals surface area contributed by atoms with Crippen LogP contribution < -0.4 is 0 Å². The number of carboxylic acids is 1. The fourth-order valence-electron chi connectivity index (χ4n) is 2.28. The fourth-order valence-corrected chi connectivity index (χ4v) is 2.28. The molecule has 0 saturated carbocycles. The third-order valence-corrected chi connectivity index (χ3v) is 3.11. The fraction of sp³-hybridized carbons (Fsp3) is 0.900. The quantitative estimate of drug-likeness (QED) is 0.700. The van der Waals surface area contributed by atoms with Gasteiger partial charge in [-0.05, 0) is 12.8 Å². The Hall–Kier alpha value is -0.650. The Morgan fingerprint density at radius 1 is 1.20 bits per heavy atom. The maximum Gasteiger partial charge on any atom is 0.323 e. The monoisotopic (exact) mass is 215 g/mol. The van der Waals surface area contributed by atoms with Crippen molar-refractivity contribution in [3.63, 3.8) is 0 Å². The molecule has 1 atom stereocenters. The zero-order chi connectivity index (χ0) is 10.7. The first-order chi connectivity index (χ1) is 7.29. The molecule has 2 heterocycles. The molecule has 1 unspecified atom stereocenters. The zero-order valence-corrected chi connectivity index (χ0v) is 8.72. The van der Waals surface area contributed by atoms with E-state index in [4.69, 9.17) is 14.6 Å². The van der Waals surface area contributed by atoms with E-state index in [0.717, 1.165) is 32.6 Å². The van der Waals surface area contributed by atoms with Gasteiger partial charge in [0, 0.05) is 25.8 Å². The molecule has 0 aromatic carbocycles. The lowest BCUT2D eigenvalue weighted by Gasteiger charge is -2.40. The van der Waals surface area contributed by atoms with Crippen LogP contribution in [0.1, 0.15) is 12.8 Å². The van der Waals surface area contributed by atoms with E-state index in [1.54, 1.807) is 0 Å². The number of carboxylic acid groups (broad SMARTS) is 1. The van der Waals surface area contributed by atoms with Crippen molar-refractivity contribution in [1.29, 1.82) is 0 Å². The van der Waals surface area contributed by atoms with E-state index < -0.39 is 12.0 Å². The van der Waals surface area contributed by atoms with Crippen LogP contribution in [0.5, 0.6) is 0 Å².